The van der Waals surface area contributed by atoms with Gasteiger partial charge in [0.2, 0.25) is 0 Å². The van der Waals surface area contributed by atoms with Gasteiger partial charge >= 0.3 is 0 Å². The van der Waals surface area contributed by atoms with Gasteiger partial charge in [-0.05, 0) is 148 Å². The second-order valence-electron chi connectivity index (χ2n) is 16.9. The van der Waals surface area contributed by atoms with E-state index in [-0.39, 0.29) is 0 Å². The molecule has 5 heterocycles. The van der Waals surface area contributed by atoms with E-state index in [4.69, 9.17) is 9.47 Å². The first kappa shape index (κ1) is 36.9. The minimum atomic E-state index is 0.323. The number of morpholine rings is 2. The molecule has 2 atom stereocenters. The fraction of sp³-hybridized carbons (Fsp3) is 1.00. The molecule has 0 aliphatic carbocycles. The van der Waals surface area contributed by atoms with E-state index in [9.17, 15) is 0 Å². The second-order valence-corrected chi connectivity index (χ2v) is 16.9. The minimum Gasteiger partial charge on any atom is -0.379 e. The van der Waals surface area contributed by atoms with Gasteiger partial charge in [-0.2, -0.15) is 0 Å². The summed E-state index contributed by atoms with van der Waals surface area (Å²) in [6, 6.07) is 0. The van der Waals surface area contributed by atoms with Crippen LogP contribution in [0.2, 0.25) is 0 Å². The molecule has 0 saturated carbocycles. The largest absolute Gasteiger partial charge is 0.379 e. The summed E-state index contributed by atoms with van der Waals surface area (Å²) in [4.78, 5) is 10.1. The fourth-order valence-electron chi connectivity index (χ4n) is 6.35. The van der Waals surface area contributed by atoms with Gasteiger partial charge in [-0.15, -0.1) is 0 Å². The SMILES string of the molecule is CC(C)(C)N1CC2CCC(C1)O2.CC(C)(C)N1CCCC1.CC(C)(C)N1CCCCC1.CC(C)(C)N1CCOCC1. The zero-order chi connectivity index (χ0) is 30.9. The fourth-order valence-corrected chi connectivity index (χ4v) is 6.35. The van der Waals surface area contributed by atoms with Crippen LogP contribution in [0.1, 0.15) is 128 Å². The summed E-state index contributed by atoms with van der Waals surface area (Å²) < 4.78 is 11.0. The van der Waals surface area contributed by atoms with Gasteiger partial charge in [0.25, 0.3) is 0 Å². The van der Waals surface area contributed by atoms with Crippen molar-refractivity contribution in [2.45, 2.75) is 162 Å². The van der Waals surface area contributed by atoms with Crippen LogP contribution in [-0.2, 0) is 9.47 Å². The lowest BCUT2D eigenvalue weighted by Gasteiger charge is -2.41. The predicted octanol–water partition coefficient (Wildman–Crippen LogP) is 6.92. The molecule has 5 saturated heterocycles. The zero-order valence-electron chi connectivity index (χ0n) is 29.8. The number of likely N-dealkylation sites (tertiary alicyclic amines) is 3. The summed E-state index contributed by atoms with van der Waals surface area (Å²) in [5, 5.41) is 0. The Morgan fingerprint density at radius 3 is 1.02 bits per heavy atom. The van der Waals surface area contributed by atoms with Crippen LogP contribution < -0.4 is 0 Å². The number of nitrogens with zero attached hydrogens (tertiary/aromatic N) is 4. The molecular formula is C35H72N4O2. The molecule has 244 valence electrons. The van der Waals surface area contributed by atoms with Gasteiger partial charge in [0.05, 0.1) is 25.4 Å². The first-order chi connectivity index (χ1) is 18.9. The molecule has 0 aromatic heterocycles. The Kier molecular flexibility index (Phi) is 14.6. The summed E-state index contributed by atoms with van der Waals surface area (Å²) in [6.07, 6.45) is 10.6. The summed E-state index contributed by atoms with van der Waals surface area (Å²) in [6.45, 7) is 38.9. The Morgan fingerprint density at radius 1 is 0.415 bits per heavy atom. The van der Waals surface area contributed by atoms with E-state index < -0.39 is 0 Å². The summed E-state index contributed by atoms with van der Waals surface area (Å²) >= 11 is 0. The molecule has 5 fully saturated rings. The summed E-state index contributed by atoms with van der Waals surface area (Å²) in [5.74, 6) is 0. The number of hydrogen-bond acceptors (Lipinski definition) is 6. The molecule has 0 amide bonds. The maximum atomic E-state index is 5.78. The molecule has 2 unspecified atom stereocenters. The van der Waals surface area contributed by atoms with Gasteiger partial charge < -0.3 is 9.47 Å². The van der Waals surface area contributed by atoms with Crippen molar-refractivity contribution < 1.29 is 9.47 Å². The van der Waals surface area contributed by atoms with Crippen molar-refractivity contribution in [2.75, 3.05) is 65.6 Å². The molecule has 0 aromatic rings. The van der Waals surface area contributed by atoms with E-state index in [0.717, 1.165) is 39.4 Å². The maximum absolute atomic E-state index is 5.78. The van der Waals surface area contributed by atoms with Crippen LogP contribution in [0.15, 0.2) is 0 Å². The monoisotopic (exact) mass is 581 g/mol. The third-order valence-corrected chi connectivity index (χ3v) is 9.31. The lowest BCUT2D eigenvalue weighted by atomic mass is 10.0. The number of ether oxygens (including phenoxy) is 2. The van der Waals surface area contributed by atoms with E-state index in [1.165, 1.54) is 71.1 Å². The normalized spacial score (nSPS) is 27.2. The lowest BCUT2D eigenvalue weighted by molar-refractivity contribution is -0.0668. The molecule has 5 aliphatic heterocycles. The van der Waals surface area contributed by atoms with E-state index in [1.807, 2.05) is 0 Å². The Labute approximate surface area is 256 Å². The Morgan fingerprint density at radius 2 is 0.732 bits per heavy atom. The maximum Gasteiger partial charge on any atom is 0.0707 e. The van der Waals surface area contributed by atoms with Crippen molar-refractivity contribution in [3.8, 4) is 0 Å². The van der Waals surface area contributed by atoms with E-state index in [1.54, 1.807) is 0 Å². The number of fused-ring (bicyclic) bond motifs is 2. The molecule has 0 N–H and O–H groups in total. The van der Waals surface area contributed by atoms with Crippen LogP contribution in [0.5, 0.6) is 0 Å². The molecule has 5 rings (SSSR count). The number of hydrogen-bond donors (Lipinski definition) is 0. The lowest BCUT2D eigenvalue weighted by Crippen LogP contribution is -2.51. The van der Waals surface area contributed by atoms with Crippen molar-refractivity contribution in [1.82, 2.24) is 19.6 Å². The highest BCUT2D eigenvalue weighted by molar-refractivity contribution is 4.90. The molecule has 5 aliphatic rings. The smallest absolute Gasteiger partial charge is 0.0707 e. The molecule has 6 nitrogen and oxygen atoms in total. The third-order valence-electron chi connectivity index (χ3n) is 9.31. The highest BCUT2D eigenvalue weighted by Crippen LogP contribution is 2.30. The Hall–Kier alpha value is -0.240. The molecular weight excluding hydrogens is 508 g/mol. The van der Waals surface area contributed by atoms with Gasteiger partial charge in [-0.25, -0.2) is 0 Å². The zero-order valence-corrected chi connectivity index (χ0v) is 29.8. The van der Waals surface area contributed by atoms with Crippen molar-refractivity contribution in [2.24, 2.45) is 0 Å². The quantitative estimate of drug-likeness (QED) is 0.309. The topological polar surface area (TPSA) is 31.4 Å². The highest BCUT2D eigenvalue weighted by atomic mass is 16.5. The number of piperidine rings is 1. The average molecular weight is 581 g/mol. The van der Waals surface area contributed by atoms with E-state index in [0.29, 0.717) is 34.4 Å². The summed E-state index contributed by atoms with van der Waals surface area (Å²) in [7, 11) is 0. The molecule has 0 aromatic carbocycles. The first-order valence-electron chi connectivity index (χ1n) is 17.1. The predicted molar refractivity (Wildman–Crippen MR) is 177 cm³/mol. The van der Waals surface area contributed by atoms with Gasteiger partial charge in [-0.1, -0.05) is 6.42 Å². The molecule has 0 spiro atoms. The van der Waals surface area contributed by atoms with Crippen molar-refractivity contribution >= 4 is 0 Å². The van der Waals surface area contributed by atoms with Gasteiger partial charge in [0.15, 0.2) is 0 Å². The molecule has 41 heavy (non-hydrogen) atoms. The molecule has 6 heteroatoms. The Balaban J connectivity index is 0.000000192. The van der Waals surface area contributed by atoms with Crippen LogP contribution in [0, 0.1) is 0 Å². The third kappa shape index (κ3) is 13.9. The van der Waals surface area contributed by atoms with Crippen LogP contribution in [0.3, 0.4) is 0 Å². The van der Waals surface area contributed by atoms with Crippen molar-refractivity contribution in [1.29, 1.82) is 0 Å². The molecule has 0 radical (unpaired) electrons. The second kappa shape index (κ2) is 16.2. The van der Waals surface area contributed by atoms with Gasteiger partial charge in [-0.3, -0.25) is 19.6 Å². The van der Waals surface area contributed by atoms with Gasteiger partial charge in [0, 0.05) is 48.3 Å². The summed E-state index contributed by atoms with van der Waals surface area (Å²) in [5.41, 5.74) is 1.46. The van der Waals surface area contributed by atoms with Gasteiger partial charge in [0.1, 0.15) is 0 Å². The van der Waals surface area contributed by atoms with Crippen molar-refractivity contribution in [3.63, 3.8) is 0 Å². The molecule has 2 bridgehead atoms. The Bertz CT molecular complexity index is 658. The van der Waals surface area contributed by atoms with E-state index in [2.05, 4.69) is 103 Å². The van der Waals surface area contributed by atoms with Crippen LogP contribution in [-0.4, -0.2) is 120 Å². The van der Waals surface area contributed by atoms with Crippen molar-refractivity contribution in [3.05, 3.63) is 0 Å². The van der Waals surface area contributed by atoms with Crippen LogP contribution >= 0.6 is 0 Å². The van der Waals surface area contributed by atoms with E-state index >= 15 is 0 Å². The minimum absolute atomic E-state index is 0.323. The average Bonchev–Trinajstić information content (AvgIpc) is 3.55. The van der Waals surface area contributed by atoms with Crippen LogP contribution in [0.4, 0.5) is 0 Å². The standard InChI is InChI=1S/C10H19NO.C9H19N.C8H17NO.C8H17N/c1-10(2,3)11-6-8-4-5-9(7-11)12-8;1-9(2,3)10-7-5-4-6-8-10;1-8(2,3)9-4-6-10-7-5-9;1-8(2,3)9-6-4-5-7-9/h8-9H,4-7H2,1-3H3;4-8H2,1-3H3;4-7H2,1-3H3;4-7H2,1-3H3. The number of rotatable bonds is 0. The highest BCUT2D eigenvalue weighted by Gasteiger charge is 2.37. The van der Waals surface area contributed by atoms with Crippen LogP contribution in [0.25, 0.3) is 0 Å². The first-order valence-corrected chi connectivity index (χ1v) is 17.1.